The number of rotatable bonds is 5. The lowest BCUT2D eigenvalue weighted by Gasteiger charge is -2.37. The number of aromatic amines is 1. The van der Waals surface area contributed by atoms with Gasteiger partial charge in [-0.2, -0.15) is 0 Å². The summed E-state index contributed by atoms with van der Waals surface area (Å²) in [5.41, 5.74) is 3.28. The van der Waals surface area contributed by atoms with Gasteiger partial charge in [0.15, 0.2) is 5.82 Å². The van der Waals surface area contributed by atoms with Crippen molar-refractivity contribution in [2.75, 3.05) is 33.2 Å². The first kappa shape index (κ1) is 21.4. The maximum atomic E-state index is 13.4. The lowest BCUT2D eigenvalue weighted by Crippen LogP contribution is -2.47. The van der Waals surface area contributed by atoms with Gasteiger partial charge >= 0.3 is 0 Å². The number of fused-ring (bicyclic) bond motifs is 1. The van der Waals surface area contributed by atoms with E-state index in [4.69, 9.17) is 0 Å². The van der Waals surface area contributed by atoms with Crippen LogP contribution in [0.2, 0.25) is 0 Å². The van der Waals surface area contributed by atoms with E-state index in [1.807, 2.05) is 25.1 Å². The number of hydrogen-bond acceptors (Lipinski definition) is 6. The average Bonchev–Trinajstić information content (AvgIpc) is 3.25. The monoisotopic (exact) mass is 447 g/mol. The smallest absolute Gasteiger partial charge is 0.253 e. The number of aryl methyl sites for hydroxylation is 1. The quantitative estimate of drug-likeness (QED) is 0.506. The molecule has 5 rings (SSSR count). The van der Waals surface area contributed by atoms with Crippen molar-refractivity contribution in [3.8, 4) is 0 Å². The van der Waals surface area contributed by atoms with Gasteiger partial charge in [-0.25, -0.2) is 9.07 Å². The van der Waals surface area contributed by atoms with Crippen LogP contribution in [0.25, 0.3) is 10.9 Å². The van der Waals surface area contributed by atoms with Crippen molar-refractivity contribution < 1.29 is 4.39 Å². The largest absolute Gasteiger partial charge is 0.322 e. The van der Waals surface area contributed by atoms with E-state index >= 15 is 0 Å². The molecule has 1 aliphatic heterocycles. The maximum Gasteiger partial charge on any atom is 0.253 e. The van der Waals surface area contributed by atoms with E-state index < -0.39 is 6.04 Å². The molecule has 0 radical (unpaired) electrons. The minimum atomic E-state index is -0.400. The minimum absolute atomic E-state index is 0.147. The number of nitrogens with one attached hydrogen (secondary N) is 1. The summed E-state index contributed by atoms with van der Waals surface area (Å²) in [4.78, 5) is 20.8. The fraction of sp³-hybridized carbons (Fsp3) is 0.333. The molecule has 0 saturated carbocycles. The maximum absolute atomic E-state index is 13.4. The summed E-state index contributed by atoms with van der Waals surface area (Å²) in [5, 5.41) is 13.5. The second kappa shape index (κ2) is 8.84. The first-order valence-electron chi connectivity index (χ1n) is 11.0. The fourth-order valence-corrected chi connectivity index (χ4v) is 4.41. The molecule has 1 aliphatic rings. The third-order valence-electron chi connectivity index (χ3n) is 6.28. The Kier molecular flexibility index (Phi) is 5.74. The summed E-state index contributed by atoms with van der Waals surface area (Å²) in [7, 11) is 2.09. The number of hydrogen-bond donors (Lipinski definition) is 1. The van der Waals surface area contributed by atoms with Crippen LogP contribution in [-0.2, 0) is 6.54 Å². The second-order valence-corrected chi connectivity index (χ2v) is 8.71. The van der Waals surface area contributed by atoms with Crippen molar-refractivity contribution in [3.63, 3.8) is 0 Å². The van der Waals surface area contributed by atoms with Crippen molar-refractivity contribution in [2.24, 2.45) is 0 Å². The van der Waals surface area contributed by atoms with Crippen molar-refractivity contribution in [1.82, 2.24) is 35.0 Å². The number of pyridine rings is 1. The number of aromatic nitrogens is 5. The predicted octanol–water partition coefficient (Wildman–Crippen LogP) is 2.35. The molecule has 0 aliphatic carbocycles. The Bertz CT molecular complexity index is 1320. The van der Waals surface area contributed by atoms with Crippen LogP contribution in [0.4, 0.5) is 4.39 Å². The third-order valence-corrected chi connectivity index (χ3v) is 6.28. The number of halogens is 1. The number of piperazine rings is 1. The Balaban J connectivity index is 1.60. The van der Waals surface area contributed by atoms with E-state index in [1.54, 1.807) is 16.8 Å². The van der Waals surface area contributed by atoms with Gasteiger partial charge in [-0.05, 0) is 65.7 Å². The van der Waals surface area contributed by atoms with Gasteiger partial charge < -0.3 is 9.88 Å². The molecule has 1 unspecified atom stereocenters. The molecule has 2 aromatic carbocycles. The second-order valence-electron chi connectivity index (χ2n) is 8.71. The van der Waals surface area contributed by atoms with Crippen LogP contribution in [0.3, 0.4) is 0 Å². The number of H-pyrrole nitrogens is 1. The summed E-state index contributed by atoms with van der Waals surface area (Å²) < 4.78 is 15.1. The zero-order chi connectivity index (χ0) is 22.9. The molecule has 33 heavy (non-hydrogen) atoms. The van der Waals surface area contributed by atoms with E-state index in [0.29, 0.717) is 17.9 Å². The molecule has 1 N–H and O–H groups in total. The Morgan fingerprint density at radius 1 is 1.06 bits per heavy atom. The molecule has 0 spiro atoms. The van der Waals surface area contributed by atoms with E-state index in [-0.39, 0.29) is 11.4 Å². The van der Waals surface area contributed by atoms with Gasteiger partial charge in [-0.3, -0.25) is 9.69 Å². The Labute approximate surface area is 190 Å². The molecule has 3 heterocycles. The average molecular weight is 448 g/mol. The molecule has 2 aromatic heterocycles. The molecule has 8 nitrogen and oxygen atoms in total. The van der Waals surface area contributed by atoms with Crippen molar-refractivity contribution in [3.05, 3.63) is 87.2 Å². The molecule has 0 bridgehead atoms. The Hall–Kier alpha value is -3.43. The lowest BCUT2D eigenvalue weighted by atomic mass is 10.0. The fourth-order valence-electron chi connectivity index (χ4n) is 4.41. The topological polar surface area (TPSA) is 82.9 Å². The lowest BCUT2D eigenvalue weighted by molar-refractivity contribution is 0.121. The summed E-state index contributed by atoms with van der Waals surface area (Å²) in [5.74, 6) is 0.311. The highest BCUT2D eigenvalue weighted by Gasteiger charge is 2.32. The highest BCUT2D eigenvalue weighted by Crippen LogP contribution is 2.28. The van der Waals surface area contributed by atoms with E-state index in [0.717, 1.165) is 48.2 Å². The highest BCUT2D eigenvalue weighted by atomic mass is 19.1. The number of benzene rings is 2. The molecular weight excluding hydrogens is 421 g/mol. The Morgan fingerprint density at radius 2 is 1.82 bits per heavy atom. The normalized spacial score (nSPS) is 16.3. The molecule has 0 amide bonds. The van der Waals surface area contributed by atoms with Gasteiger partial charge in [0.25, 0.3) is 5.56 Å². The highest BCUT2D eigenvalue weighted by molar-refractivity contribution is 5.79. The SMILES string of the molecule is Cc1ccc2[nH]c(=O)c(C(c3nnnn3Cc3ccc(F)cc3)N3CCN(C)CC3)cc2c1. The van der Waals surface area contributed by atoms with Crippen LogP contribution in [0.15, 0.2) is 53.3 Å². The van der Waals surface area contributed by atoms with Crippen molar-refractivity contribution >= 4 is 10.9 Å². The van der Waals surface area contributed by atoms with E-state index in [2.05, 4.69) is 43.4 Å². The van der Waals surface area contributed by atoms with Gasteiger partial charge in [-0.15, -0.1) is 5.10 Å². The first-order chi connectivity index (χ1) is 16.0. The molecule has 1 saturated heterocycles. The number of likely N-dealkylation sites (N-methyl/N-ethyl adjacent to an activating group) is 1. The molecule has 9 heteroatoms. The van der Waals surface area contributed by atoms with Crippen LogP contribution < -0.4 is 5.56 Å². The van der Waals surface area contributed by atoms with Crippen LogP contribution in [0.5, 0.6) is 0 Å². The third kappa shape index (κ3) is 4.42. The van der Waals surface area contributed by atoms with Crippen molar-refractivity contribution in [2.45, 2.75) is 19.5 Å². The molecule has 170 valence electrons. The number of nitrogens with zero attached hydrogens (tertiary/aromatic N) is 6. The Morgan fingerprint density at radius 3 is 2.58 bits per heavy atom. The molecule has 1 atom stereocenters. The van der Waals surface area contributed by atoms with Crippen LogP contribution in [0.1, 0.15) is 28.6 Å². The van der Waals surface area contributed by atoms with Crippen LogP contribution in [0, 0.1) is 12.7 Å². The van der Waals surface area contributed by atoms with Crippen LogP contribution in [-0.4, -0.2) is 68.2 Å². The van der Waals surface area contributed by atoms with Gasteiger partial charge in [0, 0.05) is 37.3 Å². The molecule has 1 fully saturated rings. The molecular formula is C24H26FN7O. The summed E-state index contributed by atoms with van der Waals surface area (Å²) in [6.45, 7) is 5.77. The summed E-state index contributed by atoms with van der Waals surface area (Å²) in [6, 6.07) is 13.8. The summed E-state index contributed by atoms with van der Waals surface area (Å²) in [6.07, 6.45) is 0. The van der Waals surface area contributed by atoms with Crippen LogP contribution >= 0.6 is 0 Å². The standard InChI is InChI=1S/C24H26FN7O/c1-16-3-8-21-18(13-16)14-20(24(33)26-21)22(31-11-9-30(2)10-12-31)23-27-28-29-32(23)15-17-4-6-19(25)7-5-17/h3-8,13-14,22H,9-12,15H2,1-2H3,(H,26,33). The van der Waals surface area contributed by atoms with E-state index in [9.17, 15) is 9.18 Å². The van der Waals surface area contributed by atoms with E-state index in [1.165, 1.54) is 12.1 Å². The van der Waals surface area contributed by atoms with Gasteiger partial charge in [0.05, 0.1) is 6.54 Å². The minimum Gasteiger partial charge on any atom is -0.322 e. The molecule has 4 aromatic rings. The summed E-state index contributed by atoms with van der Waals surface area (Å²) >= 11 is 0. The zero-order valence-corrected chi connectivity index (χ0v) is 18.7. The predicted molar refractivity (Wildman–Crippen MR) is 124 cm³/mol. The number of tetrazole rings is 1. The van der Waals surface area contributed by atoms with Gasteiger partial charge in [0.1, 0.15) is 11.9 Å². The first-order valence-corrected chi connectivity index (χ1v) is 11.0. The zero-order valence-electron chi connectivity index (χ0n) is 18.7. The van der Waals surface area contributed by atoms with Gasteiger partial charge in [0.2, 0.25) is 0 Å². The van der Waals surface area contributed by atoms with Crippen molar-refractivity contribution in [1.29, 1.82) is 0 Å². The van der Waals surface area contributed by atoms with Gasteiger partial charge in [-0.1, -0.05) is 23.8 Å².